The molecule has 1 aromatic carbocycles. The normalized spacial score (nSPS) is 19.3. The van der Waals surface area contributed by atoms with Gasteiger partial charge >= 0.3 is 0 Å². The summed E-state index contributed by atoms with van der Waals surface area (Å²) in [6.07, 6.45) is 7.97. The first-order valence-corrected chi connectivity index (χ1v) is 10.5. The zero-order chi connectivity index (χ0) is 18.5. The number of aromatic nitrogens is 1. The molecule has 0 bridgehead atoms. The van der Waals surface area contributed by atoms with E-state index in [1.54, 1.807) is 0 Å². The van der Waals surface area contributed by atoms with Crippen LogP contribution in [0.15, 0.2) is 42.6 Å². The highest BCUT2D eigenvalue weighted by Gasteiger charge is 2.27. The second-order valence-corrected chi connectivity index (χ2v) is 8.10. The van der Waals surface area contributed by atoms with Crippen LogP contribution in [0.3, 0.4) is 0 Å². The molecule has 1 aliphatic carbocycles. The zero-order valence-electron chi connectivity index (χ0n) is 16.2. The van der Waals surface area contributed by atoms with Crippen molar-refractivity contribution in [1.29, 1.82) is 0 Å². The number of benzene rings is 1. The molecule has 4 nitrogen and oxygen atoms in total. The molecule has 2 aliphatic rings. The lowest BCUT2D eigenvalue weighted by Crippen LogP contribution is -2.45. The van der Waals surface area contributed by atoms with Gasteiger partial charge in [0, 0.05) is 31.9 Å². The molecule has 4 heteroatoms. The maximum absolute atomic E-state index is 5.73. The molecular formula is C23H32N4. The summed E-state index contributed by atoms with van der Waals surface area (Å²) in [5.41, 5.74) is 11.4. The molecule has 0 saturated heterocycles. The monoisotopic (exact) mass is 364 g/mol. The summed E-state index contributed by atoms with van der Waals surface area (Å²) in [6.45, 7) is 4.88. The fourth-order valence-electron chi connectivity index (χ4n) is 4.24. The Hall–Kier alpha value is -1.75. The number of nitrogens with one attached hydrogen (secondary N) is 1. The van der Waals surface area contributed by atoms with Gasteiger partial charge in [-0.3, -0.25) is 9.88 Å². The lowest BCUT2D eigenvalue weighted by molar-refractivity contribution is 0.222. The second-order valence-electron chi connectivity index (χ2n) is 8.10. The van der Waals surface area contributed by atoms with Gasteiger partial charge in [-0.1, -0.05) is 30.3 Å². The zero-order valence-corrected chi connectivity index (χ0v) is 16.2. The number of unbranched alkanes of at least 4 members (excludes halogenated alkanes) is 1. The van der Waals surface area contributed by atoms with Crippen molar-refractivity contribution in [2.45, 2.75) is 57.2 Å². The molecule has 3 N–H and O–H groups in total. The van der Waals surface area contributed by atoms with Crippen molar-refractivity contribution in [3.63, 3.8) is 0 Å². The van der Waals surface area contributed by atoms with E-state index >= 15 is 0 Å². The van der Waals surface area contributed by atoms with E-state index < -0.39 is 0 Å². The minimum Gasteiger partial charge on any atom is -0.330 e. The molecule has 1 aromatic heterocycles. The number of pyridine rings is 1. The highest BCUT2D eigenvalue weighted by molar-refractivity contribution is 5.30. The van der Waals surface area contributed by atoms with Gasteiger partial charge in [-0.05, 0) is 73.9 Å². The number of fused-ring (bicyclic) bond motifs is 1. The number of nitrogens with two attached hydrogens (primary N) is 1. The Labute approximate surface area is 163 Å². The van der Waals surface area contributed by atoms with Gasteiger partial charge in [-0.2, -0.15) is 0 Å². The summed E-state index contributed by atoms with van der Waals surface area (Å²) >= 11 is 0. The van der Waals surface area contributed by atoms with Crippen LogP contribution in [0, 0.1) is 0 Å². The largest absolute Gasteiger partial charge is 0.330 e. The Balaban J connectivity index is 1.43. The summed E-state index contributed by atoms with van der Waals surface area (Å²) in [7, 11) is 0. The molecule has 4 rings (SSSR count). The summed E-state index contributed by atoms with van der Waals surface area (Å²) in [5.74, 6) is 0.749. The molecule has 144 valence electrons. The fourth-order valence-corrected chi connectivity index (χ4v) is 4.24. The Morgan fingerprint density at radius 1 is 1.07 bits per heavy atom. The third-order valence-electron chi connectivity index (χ3n) is 5.89. The number of hydrogen-bond donors (Lipinski definition) is 2. The third kappa shape index (κ3) is 4.95. The fraction of sp³-hybridized carbons (Fsp3) is 0.522. The number of nitrogens with zero attached hydrogens (tertiary/aromatic N) is 2. The molecule has 0 spiro atoms. The van der Waals surface area contributed by atoms with Crippen LogP contribution in [0.5, 0.6) is 0 Å². The van der Waals surface area contributed by atoms with Gasteiger partial charge in [0.2, 0.25) is 0 Å². The molecule has 27 heavy (non-hydrogen) atoms. The van der Waals surface area contributed by atoms with Crippen LogP contribution >= 0.6 is 0 Å². The van der Waals surface area contributed by atoms with Crippen molar-refractivity contribution in [2.75, 3.05) is 19.6 Å². The first kappa shape index (κ1) is 18.6. The van der Waals surface area contributed by atoms with Crippen molar-refractivity contribution in [1.82, 2.24) is 15.2 Å². The molecule has 1 saturated carbocycles. The van der Waals surface area contributed by atoms with Gasteiger partial charge in [0.25, 0.3) is 0 Å². The minimum atomic E-state index is 0.505. The Kier molecular flexibility index (Phi) is 6.17. The van der Waals surface area contributed by atoms with E-state index in [1.807, 2.05) is 6.20 Å². The quantitative estimate of drug-likeness (QED) is 0.671. The van der Waals surface area contributed by atoms with E-state index in [9.17, 15) is 0 Å². The molecule has 0 radical (unpaired) electrons. The van der Waals surface area contributed by atoms with Crippen LogP contribution in [-0.4, -0.2) is 35.6 Å². The predicted octanol–water partition coefficient (Wildman–Crippen LogP) is 3.21. The minimum absolute atomic E-state index is 0.505. The van der Waals surface area contributed by atoms with Crippen LogP contribution < -0.4 is 11.1 Å². The second kappa shape index (κ2) is 8.96. The summed E-state index contributed by atoms with van der Waals surface area (Å²) in [6, 6.07) is 13.7. The van der Waals surface area contributed by atoms with Crippen LogP contribution in [0.2, 0.25) is 0 Å². The topological polar surface area (TPSA) is 54.2 Å². The summed E-state index contributed by atoms with van der Waals surface area (Å²) < 4.78 is 0. The van der Waals surface area contributed by atoms with Gasteiger partial charge < -0.3 is 11.1 Å². The van der Waals surface area contributed by atoms with Crippen molar-refractivity contribution in [3.8, 4) is 0 Å². The van der Waals surface area contributed by atoms with E-state index in [0.717, 1.165) is 57.9 Å². The number of rotatable bonds is 9. The lowest BCUT2D eigenvalue weighted by atomic mass is 9.95. The van der Waals surface area contributed by atoms with Crippen LogP contribution in [0.1, 0.15) is 54.0 Å². The van der Waals surface area contributed by atoms with Crippen molar-refractivity contribution >= 4 is 0 Å². The summed E-state index contributed by atoms with van der Waals surface area (Å²) in [5, 5.41) is 3.74. The SMILES string of the molecule is NCCCCN(Cc1ncccc1C1CC1)CC1Cc2ccccc2CN1. The third-order valence-corrected chi connectivity index (χ3v) is 5.89. The summed E-state index contributed by atoms with van der Waals surface area (Å²) in [4.78, 5) is 7.34. The van der Waals surface area contributed by atoms with Gasteiger partial charge in [0.05, 0.1) is 5.69 Å². The Bertz CT molecular complexity index is 741. The average Bonchev–Trinajstić information content (AvgIpc) is 3.54. The lowest BCUT2D eigenvalue weighted by Gasteiger charge is -2.32. The number of hydrogen-bond acceptors (Lipinski definition) is 4. The molecule has 0 amide bonds. The van der Waals surface area contributed by atoms with Crippen molar-refractivity contribution in [3.05, 3.63) is 65.0 Å². The maximum Gasteiger partial charge on any atom is 0.0578 e. The molecule has 1 atom stereocenters. The molecule has 1 aliphatic heterocycles. The molecule has 1 fully saturated rings. The van der Waals surface area contributed by atoms with Crippen molar-refractivity contribution in [2.24, 2.45) is 5.73 Å². The molecule has 2 aromatic rings. The maximum atomic E-state index is 5.73. The van der Waals surface area contributed by atoms with Crippen LogP contribution in [0.4, 0.5) is 0 Å². The first-order valence-electron chi connectivity index (χ1n) is 10.5. The van der Waals surface area contributed by atoms with E-state index in [1.165, 1.54) is 35.2 Å². The Morgan fingerprint density at radius 2 is 1.93 bits per heavy atom. The Morgan fingerprint density at radius 3 is 2.74 bits per heavy atom. The predicted molar refractivity (Wildman–Crippen MR) is 111 cm³/mol. The van der Waals surface area contributed by atoms with E-state index in [2.05, 4.69) is 46.6 Å². The van der Waals surface area contributed by atoms with Crippen molar-refractivity contribution < 1.29 is 0 Å². The van der Waals surface area contributed by atoms with Gasteiger partial charge in [-0.15, -0.1) is 0 Å². The highest BCUT2D eigenvalue weighted by atomic mass is 15.2. The van der Waals surface area contributed by atoms with E-state index in [-0.39, 0.29) is 0 Å². The first-order chi connectivity index (χ1) is 13.3. The smallest absolute Gasteiger partial charge is 0.0578 e. The van der Waals surface area contributed by atoms with E-state index in [4.69, 9.17) is 10.7 Å². The van der Waals surface area contributed by atoms with E-state index in [0.29, 0.717) is 6.04 Å². The van der Waals surface area contributed by atoms with Gasteiger partial charge in [0.15, 0.2) is 0 Å². The standard InChI is InChI=1S/C23H32N4/c24-11-3-4-13-27(17-23-22(18-9-10-18)8-5-12-25-23)16-21-14-19-6-1-2-7-20(19)15-26-21/h1-2,5-8,12,18,21,26H,3-4,9-11,13-17,24H2. The van der Waals surface area contributed by atoms with Crippen LogP contribution in [-0.2, 0) is 19.5 Å². The van der Waals surface area contributed by atoms with Gasteiger partial charge in [0.1, 0.15) is 0 Å². The highest BCUT2D eigenvalue weighted by Crippen LogP contribution is 2.41. The molecule has 1 unspecified atom stereocenters. The van der Waals surface area contributed by atoms with Gasteiger partial charge in [-0.25, -0.2) is 0 Å². The average molecular weight is 365 g/mol. The molecular weight excluding hydrogens is 332 g/mol. The molecule has 2 heterocycles. The van der Waals surface area contributed by atoms with Crippen LogP contribution in [0.25, 0.3) is 0 Å².